The minimum Gasteiger partial charge on any atom is -0.493 e. The van der Waals surface area contributed by atoms with Crippen molar-refractivity contribution in [3.05, 3.63) is 23.8 Å². The second-order valence-corrected chi connectivity index (χ2v) is 6.99. The molecule has 1 aromatic carbocycles. The van der Waals surface area contributed by atoms with Gasteiger partial charge in [-0.25, -0.2) is 0 Å². The Morgan fingerprint density at radius 1 is 1.08 bits per heavy atom. The molecule has 1 saturated heterocycles. The van der Waals surface area contributed by atoms with Crippen LogP contribution in [0.25, 0.3) is 0 Å². The molecule has 1 aliphatic rings. The molecule has 1 N–H and O–H groups in total. The van der Waals surface area contributed by atoms with Gasteiger partial charge in [-0.3, -0.25) is 9.69 Å². The van der Waals surface area contributed by atoms with E-state index in [9.17, 15) is 4.79 Å². The van der Waals surface area contributed by atoms with Crippen molar-refractivity contribution < 1.29 is 14.3 Å². The van der Waals surface area contributed by atoms with Crippen LogP contribution in [0.3, 0.4) is 0 Å². The number of rotatable bonds is 9. The highest BCUT2D eigenvalue weighted by Crippen LogP contribution is 2.32. The second-order valence-electron chi connectivity index (χ2n) is 6.99. The lowest BCUT2D eigenvalue weighted by atomic mass is 9.99. The molecule has 1 aliphatic heterocycles. The maximum absolute atomic E-state index is 12.5. The van der Waals surface area contributed by atoms with Gasteiger partial charge in [-0.15, -0.1) is 0 Å². The van der Waals surface area contributed by atoms with Gasteiger partial charge in [-0.2, -0.15) is 0 Å². The summed E-state index contributed by atoms with van der Waals surface area (Å²) in [5.41, 5.74) is 1.16. The first-order valence-electron chi connectivity index (χ1n) is 9.88. The molecule has 1 unspecified atom stereocenters. The summed E-state index contributed by atoms with van der Waals surface area (Å²) in [5, 5.41) is 3.19. The van der Waals surface area contributed by atoms with Crippen LogP contribution in [0.5, 0.6) is 11.5 Å². The molecule has 5 nitrogen and oxygen atoms in total. The Morgan fingerprint density at radius 2 is 1.73 bits per heavy atom. The molecular formula is C21H34N2O3. The minimum absolute atomic E-state index is 0.0995. The number of piperidine rings is 1. The van der Waals surface area contributed by atoms with Gasteiger partial charge in [0.1, 0.15) is 0 Å². The van der Waals surface area contributed by atoms with Gasteiger partial charge in [0.2, 0.25) is 5.91 Å². The molecule has 26 heavy (non-hydrogen) atoms. The van der Waals surface area contributed by atoms with E-state index in [2.05, 4.69) is 30.1 Å². The summed E-state index contributed by atoms with van der Waals surface area (Å²) in [6.45, 7) is 6.92. The predicted molar refractivity (Wildman–Crippen MR) is 105 cm³/mol. The topological polar surface area (TPSA) is 50.8 Å². The van der Waals surface area contributed by atoms with E-state index in [-0.39, 0.29) is 17.9 Å². The molecule has 1 fully saturated rings. The molecule has 0 aliphatic carbocycles. The first-order valence-corrected chi connectivity index (χ1v) is 9.88. The Hall–Kier alpha value is -1.75. The molecule has 1 aromatic rings. The molecule has 0 aromatic heterocycles. The standard InChI is InChI=1S/C21H34N2O3/c1-5-16(6-2)21(24)22-15-18(23-12-8-7-9-13-23)17-10-11-19(25-3)20(14-17)26-4/h10-11,14,16,18H,5-9,12-13,15H2,1-4H3,(H,22,24). The van der Waals surface area contributed by atoms with Gasteiger partial charge in [0.15, 0.2) is 11.5 Å². The molecule has 5 heteroatoms. The zero-order valence-electron chi connectivity index (χ0n) is 16.7. The number of methoxy groups -OCH3 is 2. The number of ether oxygens (including phenoxy) is 2. The van der Waals surface area contributed by atoms with Crippen molar-refractivity contribution >= 4 is 5.91 Å². The van der Waals surface area contributed by atoms with Gasteiger partial charge in [-0.1, -0.05) is 26.3 Å². The quantitative estimate of drug-likeness (QED) is 0.726. The van der Waals surface area contributed by atoms with Gasteiger partial charge in [0.25, 0.3) is 0 Å². The first kappa shape index (κ1) is 20.6. The fraction of sp³-hybridized carbons (Fsp3) is 0.667. The van der Waals surface area contributed by atoms with Crippen LogP contribution >= 0.6 is 0 Å². The lowest BCUT2D eigenvalue weighted by Gasteiger charge is -2.35. The Labute approximate surface area is 158 Å². The number of hydrogen-bond acceptors (Lipinski definition) is 4. The Morgan fingerprint density at radius 3 is 2.31 bits per heavy atom. The van der Waals surface area contributed by atoms with Gasteiger partial charge in [0, 0.05) is 12.5 Å². The number of amides is 1. The lowest BCUT2D eigenvalue weighted by molar-refractivity contribution is -0.125. The highest BCUT2D eigenvalue weighted by molar-refractivity contribution is 5.78. The van der Waals surface area contributed by atoms with Crippen LogP contribution in [0.15, 0.2) is 18.2 Å². The summed E-state index contributed by atoms with van der Waals surface area (Å²) in [7, 11) is 3.31. The number of nitrogens with one attached hydrogen (secondary N) is 1. The molecule has 146 valence electrons. The van der Waals surface area contributed by atoms with Gasteiger partial charge < -0.3 is 14.8 Å². The zero-order valence-corrected chi connectivity index (χ0v) is 16.7. The van der Waals surface area contributed by atoms with Crippen LogP contribution in [0.4, 0.5) is 0 Å². The normalized spacial score (nSPS) is 16.3. The molecule has 0 spiro atoms. The van der Waals surface area contributed by atoms with Crippen molar-refractivity contribution in [1.29, 1.82) is 0 Å². The monoisotopic (exact) mass is 362 g/mol. The van der Waals surface area contributed by atoms with E-state index in [4.69, 9.17) is 9.47 Å². The van der Waals surface area contributed by atoms with Crippen molar-refractivity contribution in [2.45, 2.75) is 52.0 Å². The average Bonchev–Trinajstić information content (AvgIpc) is 2.69. The third kappa shape index (κ3) is 5.13. The van der Waals surface area contributed by atoms with Crippen LogP contribution in [0.1, 0.15) is 57.6 Å². The third-order valence-corrected chi connectivity index (χ3v) is 5.45. The first-order chi connectivity index (χ1) is 12.6. The molecule has 0 saturated carbocycles. The highest BCUT2D eigenvalue weighted by Gasteiger charge is 2.25. The van der Waals surface area contributed by atoms with E-state index in [1.807, 2.05) is 12.1 Å². The maximum Gasteiger partial charge on any atom is 0.223 e. The van der Waals surface area contributed by atoms with E-state index < -0.39 is 0 Å². The summed E-state index contributed by atoms with van der Waals surface area (Å²) < 4.78 is 10.8. The van der Waals surface area contributed by atoms with Crippen molar-refractivity contribution in [2.24, 2.45) is 5.92 Å². The number of benzene rings is 1. The summed E-state index contributed by atoms with van der Waals surface area (Å²) in [6.07, 6.45) is 5.48. The number of carbonyl (C=O) groups is 1. The van der Waals surface area contributed by atoms with E-state index in [0.29, 0.717) is 6.54 Å². The summed E-state index contributed by atoms with van der Waals surface area (Å²) in [4.78, 5) is 15.0. The third-order valence-electron chi connectivity index (χ3n) is 5.45. The van der Waals surface area contributed by atoms with Gasteiger partial charge in [0.05, 0.1) is 20.3 Å². The number of carbonyl (C=O) groups excluding carboxylic acids is 1. The van der Waals surface area contributed by atoms with Gasteiger partial charge in [-0.05, 0) is 56.5 Å². The molecule has 1 amide bonds. The fourth-order valence-electron chi connectivity index (χ4n) is 3.75. The van der Waals surface area contributed by atoms with E-state index in [1.165, 1.54) is 19.3 Å². The van der Waals surface area contributed by atoms with Crippen LogP contribution in [0.2, 0.25) is 0 Å². The average molecular weight is 363 g/mol. The molecule has 1 atom stereocenters. The number of likely N-dealkylation sites (tertiary alicyclic amines) is 1. The van der Waals surface area contributed by atoms with Crippen molar-refractivity contribution in [3.8, 4) is 11.5 Å². The van der Waals surface area contributed by atoms with Crippen molar-refractivity contribution in [1.82, 2.24) is 10.2 Å². The SMILES string of the molecule is CCC(CC)C(=O)NCC(c1ccc(OC)c(OC)c1)N1CCCCC1. The van der Waals surface area contributed by atoms with Crippen molar-refractivity contribution in [2.75, 3.05) is 33.9 Å². The Bertz CT molecular complexity index is 566. The molecular weight excluding hydrogens is 328 g/mol. The molecule has 1 heterocycles. The fourth-order valence-corrected chi connectivity index (χ4v) is 3.75. The maximum atomic E-state index is 12.5. The van der Waals surface area contributed by atoms with Crippen molar-refractivity contribution in [3.63, 3.8) is 0 Å². The summed E-state index contributed by atoms with van der Waals surface area (Å²) in [6, 6.07) is 6.24. The Kier molecular flexibility index (Phi) is 8.23. The lowest BCUT2D eigenvalue weighted by Crippen LogP contribution is -2.42. The number of nitrogens with zero attached hydrogens (tertiary/aromatic N) is 1. The van der Waals surface area contributed by atoms with Crippen LogP contribution < -0.4 is 14.8 Å². The van der Waals surface area contributed by atoms with Crippen LogP contribution in [0, 0.1) is 5.92 Å². The van der Waals surface area contributed by atoms with Gasteiger partial charge >= 0.3 is 0 Å². The smallest absolute Gasteiger partial charge is 0.223 e. The summed E-state index contributed by atoms with van der Waals surface area (Å²) >= 11 is 0. The largest absolute Gasteiger partial charge is 0.493 e. The second kappa shape index (κ2) is 10.4. The van der Waals surface area contributed by atoms with E-state index in [0.717, 1.165) is 43.0 Å². The minimum atomic E-state index is 0.0995. The molecule has 0 bridgehead atoms. The highest BCUT2D eigenvalue weighted by atomic mass is 16.5. The predicted octanol–water partition coefficient (Wildman–Crippen LogP) is 3.78. The number of hydrogen-bond donors (Lipinski definition) is 1. The van der Waals surface area contributed by atoms with E-state index >= 15 is 0 Å². The summed E-state index contributed by atoms with van der Waals surface area (Å²) in [5.74, 6) is 1.73. The van der Waals surface area contributed by atoms with Crippen LogP contribution in [-0.4, -0.2) is 44.7 Å². The van der Waals surface area contributed by atoms with E-state index in [1.54, 1.807) is 14.2 Å². The zero-order chi connectivity index (χ0) is 18.9. The van der Waals surface area contributed by atoms with Crippen LogP contribution in [-0.2, 0) is 4.79 Å². The molecule has 2 rings (SSSR count). The Balaban J connectivity index is 2.19. The molecule has 0 radical (unpaired) electrons.